The Morgan fingerprint density at radius 3 is 2.30 bits per heavy atom. The Balaban J connectivity index is 2.11. The van der Waals surface area contributed by atoms with Crippen molar-refractivity contribution in [3.8, 4) is 0 Å². The number of hydrogen-bond acceptors (Lipinski definition) is 5. The van der Waals surface area contributed by atoms with E-state index in [1.165, 1.54) is 12.1 Å². The van der Waals surface area contributed by atoms with Crippen LogP contribution in [0.15, 0.2) is 23.1 Å². The van der Waals surface area contributed by atoms with Gasteiger partial charge in [0.1, 0.15) is 0 Å². The highest BCUT2D eigenvalue weighted by Crippen LogP contribution is 2.23. The van der Waals surface area contributed by atoms with Crippen molar-refractivity contribution in [2.45, 2.75) is 70.5 Å². The van der Waals surface area contributed by atoms with Crippen LogP contribution in [-0.2, 0) is 19.6 Å². The van der Waals surface area contributed by atoms with Crippen molar-refractivity contribution in [3.05, 3.63) is 29.3 Å². The van der Waals surface area contributed by atoms with Gasteiger partial charge in [-0.05, 0) is 65.2 Å². The average Bonchev–Trinajstić information content (AvgIpc) is 3.35. The monoisotopic (exact) mass is 396 g/mol. The number of sulfonamides is 1. The topological polar surface area (TPSA) is 92.8 Å². The van der Waals surface area contributed by atoms with E-state index < -0.39 is 16.0 Å². The quantitative estimate of drug-likeness (QED) is 0.680. The predicted molar refractivity (Wildman–Crippen MR) is 102 cm³/mol. The van der Waals surface area contributed by atoms with Gasteiger partial charge in [-0.25, -0.2) is 17.9 Å². The van der Waals surface area contributed by atoms with Gasteiger partial charge in [-0.2, -0.15) is 0 Å². The number of ether oxygens (including phenoxy) is 1. The molecule has 0 radical (unpaired) electrons. The Hall–Kier alpha value is -1.93. The molecule has 1 aromatic carbocycles. The number of benzene rings is 1. The Morgan fingerprint density at radius 2 is 1.78 bits per heavy atom. The van der Waals surface area contributed by atoms with Gasteiger partial charge in [-0.3, -0.25) is 4.79 Å². The van der Waals surface area contributed by atoms with Crippen LogP contribution in [0.4, 0.5) is 0 Å². The van der Waals surface area contributed by atoms with E-state index in [0.717, 1.165) is 12.8 Å². The van der Waals surface area contributed by atoms with Crippen LogP contribution in [0.3, 0.4) is 0 Å². The molecule has 2 rings (SSSR count). The first-order valence-corrected chi connectivity index (χ1v) is 10.6. The summed E-state index contributed by atoms with van der Waals surface area (Å²) in [7, 11) is -3.67. The van der Waals surface area contributed by atoms with E-state index in [9.17, 15) is 18.0 Å². The Labute approximate surface area is 161 Å². The summed E-state index contributed by atoms with van der Waals surface area (Å²) in [5.41, 5.74) is 0.726. The Kier molecular flexibility index (Phi) is 6.64. The minimum Gasteiger partial charge on any atom is -0.452 e. The van der Waals surface area contributed by atoms with Gasteiger partial charge in [0.25, 0.3) is 5.91 Å². The van der Waals surface area contributed by atoms with Crippen LogP contribution in [-0.4, -0.2) is 49.9 Å². The minimum atomic E-state index is -3.67. The fourth-order valence-corrected chi connectivity index (χ4v) is 4.26. The number of hydrogen-bond donors (Lipinski definition) is 1. The molecule has 27 heavy (non-hydrogen) atoms. The molecule has 1 N–H and O–H groups in total. The van der Waals surface area contributed by atoms with Gasteiger partial charge >= 0.3 is 5.97 Å². The highest BCUT2D eigenvalue weighted by atomic mass is 32.2. The summed E-state index contributed by atoms with van der Waals surface area (Å²) in [5.74, 6) is -0.998. The summed E-state index contributed by atoms with van der Waals surface area (Å²) in [6.07, 6.45) is 1.65. The Bertz CT molecular complexity index is 805. The molecule has 1 fully saturated rings. The molecule has 0 aromatic heterocycles. The second-order valence-electron chi connectivity index (χ2n) is 7.44. The van der Waals surface area contributed by atoms with Gasteiger partial charge in [0.05, 0.1) is 10.5 Å². The van der Waals surface area contributed by atoms with Crippen molar-refractivity contribution in [1.29, 1.82) is 0 Å². The fraction of sp³-hybridized carbons (Fsp3) is 0.579. The molecule has 1 saturated carbocycles. The summed E-state index contributed by atoms with van der Waals surface area (Å²) in [6, 6.07) is 4.27. The number of esters is 1. The van der Waals surface area contributed by atoms with Crippen molar-refractivity contribution >= 4 is 21.9 Å². The van der Waals surface area contributed by atoms with Crippen molar-refractivity contribution < 1.29 is 22.7 Å². The lowest BCUT2D eigenvalue weighted by Gasteiger charge is -2.30. The first-order valence-electron chi connectivity index (χ1n) is 9.14. The molecule has 1 aliphatic carbocycles. The summed E-state index contributed by atoms with van der Waals surface area (Å²) in [6.45, 7) is 8.88. The molecular formula is C19H28N2O5S. The highest BCUT2D eigenvalue weighted by Gasteiger charge is 2.29. The van der Waals surface area contributed by atoms with Crippen LogP contribution in [0.1, 0.15) is 56.5 Å². The molecule has 0 spiro atoms. The minimum absolute atomic E-state index is 0.0140. The highest BCUT2D eigenvalue weighted by molar-refractivity contribution is 7.89. The van der Waals surface area contributed by atoms with E-state index in [1.54, 1.807) is 17.9 Å². The molecule has 0 atom stereocenters. The summed E-state index contributed by atoms with van der Waals surface area (Å²) >= 11 is 0. The molecule has 0 unspecified atom stereocenters. The van der Waals surface area contributed by atoms with Crippen molar-refractivity contribution in [2.24, 2.45) is 0 Å². The van der Waals surface area contributed by atoms with Gasteiger partial charge in [0, 0.05) is 18.1 Å². The van der Waals surface area contributed by atoms with E-state index >= 15 is 0 Å². The molecule has 0 heterocycles. The number of nitrogens with zero attached hydrogens (tertiary/aromatic N) is 1. The smallest absolute Gasteiger partial charge is 0.338 e. The molecule has 0 bridgehead atoms. The number of aryl methyl sites for hydroxylation is 1. The summed E-state index contributed by atoms with van der Waals surface area (Å²) < 4.78 is 32.4. The Morgan fingerprint density at radius 1 is 1.19 bits per heavy atom. The fourth-order valence-electron chi connectivity index (χ4n) is 2.93. The third kappa shape index (κ3) is 5.52. The lowest BCUT2D eigenvalue weighted by molar-refractivity contribution is -0.138. The van der Waals surface area contributed by atoms with E-state index in [-0.39, 0.29) is 41.1 Å². The first kappa shape index (κ1) is 21.4. The average molecular weight is 397 g/mol. The number of amides is 1. The van der Waals surface area contributed by atoms with Crippen molar-refractivity contribution in [1.82, 2.24) is 9.62 Å². The zero-order valence-corrected chi connectivity index (χ0v) is 17.3. The summed E-state index contributed by atoms with van der Waals surface area (Å²) in [4.78, 5) is 26.4. The maximum Gasteiger partial charge on any atom is 0.338 e. The lowest BCUT2D eigenvalue weighted by Crippen LogP contribution is -2.44. The molecule has 1 aliphatic rings. The summed E-state index contributed by atoms with van der Waals surface area (Å²) in [5, 5.41) is 0. The second-order valence-corrected chi connectivity index (χ2v) is 9.15. The van der Waals surface area contributed by atoms with E-state index in [0.29, 0.717) is 5.56 Å². The molecular weight excluding hydrogens is 368 g/mol. The van der Waals surface area contributed by atoms with Crippen molar-refractivity contribution in [2.75, 3.05) is 6.61 Å². The number of carbonyl (C=O) groups excluding carboxylic acids is 2. The number of carbonyl (C=O) groups is 2. The largest absolute Gasteiger partial charge is 0.452 e. The lowest BCUT2D eigenvalue weighted by atomic mass is 10.1. The maximum atomic E-state index is 12.4. The van der Waals surface area contributed by atoms with E-state index in [4.69, 9.17) is 4.74 Å². The maximum absolute atomic E-state index is 12.4. The van der Waals surface area contributed by atoms with Crippen LogP contribution in [0.5, 0.6) is 0 Å². The molecule has 8 heteroatoms. The zero-order chi connectivity index (χ0) is 20.4. The van der Waals surface area contributed by atoms with Crippen LogP contribution in [0.25, 0.3) is 0 Å². The molecule has 150 valence electrons. The van der Waals surface area contributed by atoms with Crippen LogP contribution in [0, 0.1) is 6.92 Å². The van der Waals surface area contributed by atoms with Crippen LogP contribution < -0.4 is 4.72 Å². The zero-order valence-electron chi connectivity index (χ0n) is 16.5. The molecule has 1 aromatic rings. The molecule has 7 nitrogen and oxygen atoms in total. The van der Waals surface area contributed by atoms with E-state index in [1.807, 2.05) is 27.7 Å². The third-order valence-corrected chi connectivity index (χ3v) is 5.88. The first-order chi connectivity index (χ1) is 12.5. The predicted octanol–water partition coefficient (Wildman–Crippen LogP) is 2.24. The van der Waals surface area contributed by atoms with Gasteiger partial charge in [0.2, 0.25) is 10.0 Å². The van der Waals surface area contributed by atoms with Gasteiger partial charge in [0.15, 0.2) is 6.61 Å². The van der Waals surface area contributed by atoms with E-state index in [2.05, 4.69) is 4.72 Å². The molecule has 1 amide bonds. The SMILES string of the molecule is Cc1ccc(S(=O)(=O)NC2CC2)cc1C(=O)OCC(=O)N(C(C)C)C(C)C. The normalized spacial score (nSPS) is 14.5. The third-order valence-electron chi connectivity index (χ3n) is 4.37. The van der Waals surface area contributed by atoms with Crippen LogP contribution >= 0.6 is 0 Å². The van der Waals surface area contributed by atoms with Gasteiger partial charge in [-0.1, -0.05) is 6.07 Å². The van der Waals surface area contributed by atoms with Gasteiger partial charge < -0.3 is 9.64 Å². The standard InChI is InChI=1S/C19H28N2O5S/c1-12(2)21(13(3)4)18(22)11-26-19(23)17-10-16(9-6-14(17)5)27(24,25)20-15-7-8-15/h6,9-10,12-13,15,20H,7-8,11H2,1-5H3. The second kappa shape index (κ2) is 8.39. The van der Waals surface area contributed by atoms with Crippen molar-refractivity contribution in [3.63, 3.8) is 0 Å². The number of rotatable bonds is 8. The molecule has 0 saturated heterocycles. The van der Waals surface area contributed by atoms with Gasteiger partial charge in [-0.15, -0.1) is 0 Å². The molecule has 0 aliphatic heterocycles. The van der Waals surface area contributed by atoms with Crippen LogP contribution in [0.2, 0.25) is 0 Å². The number of nitrogens with one attached hydrogen (secondary N) is 1.